The Morgan fingerprint density at radius 2 is 2.14 bits per heavy atom. The number of anilines is 1. The van der Waals surface area contributed by atoms with Gasteiger partial charge in [0.05, 0.1) is 0 Å². The maximum atomic E-state index is 13.6. The molecule has 2 unspecified atom stereocenters. The minimum atomic E-state index is -0.757. The Hall–Kier alpha value is -1.58. The SMILES string of the molecule is Cc1cc(F)cc(NC2(C(N)=O)CCCC(C(C)C)C2)c1. The third-order valence-electron chi connectivity index (χ3n) is 4.63. The monoisotopic (exact) mass is 292 g/mol. The molecule has 1 saturated carbocycles. The third kappa shape index (κ3) is 3.55. The second-order valence-electron chi connectivity index (χ2n) is 6.69. The normalized spacial score (nSPS) is 25.9. The first-order valence-electron chi connectivity index (χ1n) is 7.68. The van der Waals surface area contributed by atoms with Gasteiger partial charge in [-0.05, 0) is 61.8 Å². The molecule has 0 aromatic heterocycles. The number of aryl methyl sites for hydroxylation is 1. The van der Waals surface area contributed by atoms with E-state index in [1.807, 2.05) is 13.0 Å². The molecule has 0 bridgehead atoms. The van der Waals surface area contributed by atoms with Crippen molar-refractivity contribution >= 4 is 11.6 Å². The third-order valence-corrected chi connectivity index (χ3v) is 4.63. The minimum Gasteiger partial charge on any atom is -0.371 e. The second-order valence-corrected chi connectivity index (χ2v) is 6.69. The molecule has 21 heavy (non-hydrogen) atoms. The van der Waals surface area contributed by atoms with Crippen molar-refractivity contribution in [2.45, 2.75) is 52.0 Å². The molecule has 3 nitrogen and oxygen atoms in total. The van der Waals surface area contributed by atoms with E-state index >= 15 is 0 Å². The number of nitrogens with one attached hydrogen (secondary N) is 1. The number of benzene rings is 1. The van der Waals surface area contributed by atoms with E-state index in [-0.39, 0.29) is 11.7 Å². The van der Waals surface area contributed by atoms with E-state index in [1.165, 1.54) is 12.1 Å². The van der Waals surface area contributed by atoms with Gasteiger partial charge < -0.3 is 11.1 Å². The topological polar surface area (TPSA) is 55.1 Å². The maximum absolute atomic E-state index is 13.6. The number of rotatable bonds is 4. The van der Waals surface area contributed by atoms with Gasteiger partial charge in [-0.2, -0.15) is 0 Å². The van der Waals surface area contributed by atoms with Crippen LogP contribution in [0.15, 0.2) is 18.2 Å². The van der Waals surface area contributed by atoms with Crippen molar-refractivity contribution in [3.63, 3.8) is 0 Å². The molecule has 0 saturated heterocycles. The lowest BCUT2D eigenvalue weighted by molar-refractivity contribution is -0.124. The highest BCUT2D eigenvalue weighted by Crippen LogP contribution is 2.38. The summed E-state index contributed by atoms with van der Waals surface area (Å²) in [6, 6.07) is 4.75. The fraction of sp³-hybridized carbons (Fsp3) is 0.588. The van der Waals surface area contributed by atoms with Crippen LogP contribution in [0.1, 0.15) is 45.1 Å². The standard InChI is InChI=1S/C17H25FN2O/c1-11(2)13-5-4-6-17(10-13,16(19)21)20-15-8-12(3)7-14(18)9-15/h7-9,11,13,20H,4-6,10H2,1-3H3,(H2,19,21). The van der Waals surface area contributed by atoms with Gasteiger partial charge in [-0.3, -0.25) is 4.79 Å². The van der Waals surface area contributed by atoms with Crippen molar-refractivity contribution in [3.8, 4) is 0 Å². The van der Waals surface area contributed by atoms with Crippen LogP contribution >= 0.6 is 0 Å². The van der Waals surface area contributed by atoms with E-state index in [0.717, 1.165) is 24.8 Å². The van der Waals surface area contributed by atoms with Gasteiger partial charge in [-0.25, -0.2) is 4.39 Å². The van der Waals surface area contributed by atoms with E-state index in [0.29, 0.717) is 23.9 Å². The highest BCUT2D eigenvalue weighted by molar-refractivity contribution is 5.88. The predicted molar refractivity (Wildman–Crippen MR) is 83.5 cm³/mol. The van der Waals surface area contributed by atoms with E-state index in [9.17, 15) is 9.18 Å². The summed E-state index contributed by atoms with van der Waals surface area (Å²) in [6.07, 6.45) is 3.51. The highest BCUT2D eigenvalue weighted by atomic mass is 19.1. The Labute approximate surface area is 126 Å². The summed E-state index contributed by atoms with van der Waals surface area (Å²) < 4.78 is 13.6. The molecule has 1 aromatic rings. The number of carbonyl (C=O) groups is 1. The molecular formula is C17H25FN2O. The minimum absolute atomic E-state index is 0.298. The zero-order valence-corrected chi connectivity index (χ0v) is 13.1. The zero-order valence-electron chi connectivity index (χ0n) is 13.1. The lowest BCUT2D eigenvalue weighted by atomic mass is 9.71. The molecule has 2 rings (SSSR count). The molecule has 1 amide bonds. The van der Waals surface area contributed by atoms with Gasteiger partial charge in [-0.15, -0.1) is 0 Å². The quantitative estimate of drug-likeness (QED) is 0.890. The summed E-state index contributed by atoms with van der Waals surface area (Å²) in [6.45, 7) is 6.19. The van der Waals surface area contributed by atoms with Crippen molar-refractivity contribution in [1.82, 2.24) is 0 Å². The molecule has 1 fully saturated rings. The average Bonchev–Trinajstić information content (AvgIpc) is 2.37. The van der Waals surface area contributed by atoms with E-state index in [1.54, 1.807) is 0 Å². The summed E-state index contributed by atoms with van der Waals surface area (Å²) >= 11 is 0. The molecule has 3 N–H and O–H groups in total. The van der Waals surface area contributed by atoms with Crippen LogP contribution in [-0.4, -0.2) is 11.4 Å². The van der Waals surface area contributed by atoms with Crippen LogP contribution in [0.2, 0.25) is 0 Å². The number of nitrogens with two attached hydrogens (primary N) is 1. The molecule has 0 aliphatic heterocycles. The number of halogens is 1. The van der Waals surface area contributed by atoms with Crippen LogP contribution in [0.25, 0.3) is 0 Å². The average molecular weight is 292 g/mol. The van der Waals surface area contributed by atoms with Crippen molar-refractivity contribution in [2.75, 3.05) is 5.32 Å². The number of amides is 1. The predicted octanol–water partition coefficient (Wildman–Crippen LogP) is 3.62. The van der Waals surface area contributed by atoms with Crippen LogP contribution in [0.3, 0.4) is 0 Å². The summed E-state index contributed by atoms with van der Waals surface area (Å²) in [5.41, 5.74) is 6.40. The van der Waals surface area contributed by atoms with Crippen LogP contribution in [0.4, 0.5) is 10.1 Å². The number of primary amides is 1. The van der Waals surface area contributed by atoms with Gasteiger partial charge in [0.15, 0.2) is 0 Å². The molecule has 1 aliphatic carbocycles. The highest BCUT2D eigenvalue weighted by Gasteiger charge is 2.42. The van der Waals surface area contributed by atoms with Crippen molar-refractivity contribution in [2.24, 2.45) is 17.6 Å². The van der Waals surface area contributed by atoms with Crippen LogP contribution in [-0.2, 0) is 4.79 Å². The summed E-state index contributed by atoms with van der Waals surface area (Å²) in [7, 11) is 0. The first kappa shape index (κ1) is 15.8. The molecule has 116 valence electrons. The number of carbonyl (C=O) groups excluding carboxylic acids is 1. The van der Waals surface area contributed by atoms with Crippen LogP contribution in [0.5, 0.6) is 0 Å². The van der Waals surface area contributed by atoms with E-state index in [4.69, 9.17) is 5.73 Å². The second kappa shape index (κ2) is 6.04. The molecular weight excluding hydrogens is 267 g/mol. The Bertz CT molecular complexity index is 509. The lowest BCUT2D eigenvalue weighted by Crippen LogP contribution is -2.54. The Morgan fingerprint density at radius 1 is 1.43 bits per heavy atom. The fourth-order valence-corrected chi connectivity index (χ4v) is 3.37. The first-order chi connectivity index (χ1) is 9.82. The van der Waals surface area contributed by atoms with Gasteiger partial charge in [0.2, 0.25) is 5.91 Å². The maximum Gasteiger partial charge on any atom is 0.243 e. The fourth-order valence-electron chi connectivity index (χ4n) is 3.37. The number of hydrogen-bond donors (Lipinski definition) is 2. The lowest BCUT2D eigenvalue weighted by Gasteiger charge is -2.41. The summed E-state index contributed by atoms with van der Waals surface area (Å²) in [5, 5.41) is 3.25. The molecule has 4 heteroatoms. The first-order valence-corrected chi connectivity index (χ1v) is 7.68. The Kier molecular flexibility index (Phi) is 4.55. The summed E-state index contributed by atoms with van der Waals surface area (Å²) in [4.78, 5) is 12.1. The largest absolute Gasteiger partial charge is 0.371 e. The summed E-state index contributed by atoms with van der Waals surface area (Å²) in [5.74, 6) is 0.344. The molecule has 0 spiro atoms. The molecule has 1 aliphatic rings. The van der Waals surface area contributed by atoms with Crippen LogP contribution in [0, 0.1) is 24.6 Å². The molecule has 2 atom stereocenters. The zero-order chi connectivity index (χ0) is 15.6. The molecule has 1 aromatic carbocycles. The van der Waals surface area contributed by atoms with E-state index < -0.39 is 5.54 Å². The number of hydrogen-bond acceptors (Lipinski definition) is 2. The Morgan fingerprint density at radius 3 is 2.71 bits per heavy atom. The van der Waals surface area contributed by atoms with Crippen molar-refractivity contribution in [1.29, 1.82) is 0 Å². The van der Waals surface area contributed by atoms with Gasteiger partial charge in [-0.1, -0.05) is 20.3 Å². The van der Waals surface area contributed by atoms with Crippen molar-refractivity contribution < 1.29 is 9.18 Å². The van der Waals surface area contributed by atoms with Gasteiger partial charge in [0, 0.05) is 5.69 Å². The van der Waals surface area contributed by atoms with Gasteiger partial charge in [0.1, 0.15) is 11.4 Å². The van der Waals surface area contributed by atoms with Gasteiger partial charge in [0.25, 0.3) is 0 Å². The van der Waals surface area contributed by atoms with Gasteiger partial charge >= 0.3 is 0 Å². The molecule has 0 heterocycles. The van der Waals surface area contributed by atoms with Crippen LogP contribution < -0.4 is 11.1 Å². The molecule has 0 radical (unpaired) electrons. The van der Waals surface area contributed by atoms with Crippen molar-refractivity contribution in [3.05, 3.63) is 29.6 Å². The smallest absolute Gasteiger partial charge is 0.243 e. The van der Waals surface area contributed by atoms with E-state index in [2.05, 4.69) is 19.2 Å². The Balaban J connectivity index is 2.28.